The van der Waals surface area contributed by atoms with Crippen molar-refractivity contribution < 1.29 is 17.9 Å². The molecule has 24 heavy (non-hydrogen) atoms. The van der Waals surface area contributed by atoms with Crippen LogP contribution in [0.2, 0.25) is 0 Å². The van der Waals surface area contributed by atoms with E-state index in [2.05, 4.69) is 14.8 Å². The second-order valence-electron chi connectivity index (χ2n) is 5.54. The summed E-state index contributed by atoms with van der Waals surface area (Å²) >= 11 is 0. The zero-order chi connectivity index (χ0) is 17.3. The van der Waals surface area contributed by atoms with Gasteiger partial charge in [-0.25, -0.2) is 9.67 Å². The molecule has 126 valence electrons. The van der Waals surface area contributed by atoms with Crippen LogP contribution in [0, 0.1) is 0 Å². The van der Waals surface area contributed by atoms with E-state index >= 15 is 0 Å². The van der Waals surface area contributed by atoms with Gasteiger partial charge < -0.3 is 9.64 Å². The molecule has 0 aliphatic carbocycles. The van der Waals surface area contributed by atoms with Gasteiger partial charge >= 0.3 is 6.36 Å². The van der Waals surface area contributed by atoms with Crippen LogP contribution in [0.1, 0.15) is 5.56 Å². The first-order valence-corrected chi connectivity index (χ1v) is 7.16. The predicted octanol–water partition coefficient (Wildman–Crippen LogP) is 3.38. The van der Waals surface area contributed by atoms with E-state index in [1.54, 1.807) is 17.1 Å². The SMILES string of the molecule is CN(C)Cc1ccnc2c1cnn2-c1ccc(OC(F)(F)F)cc1. The van der Waals surface area contributed by atoms with Gasteiger partial charge in [-0.3, -0.25) is 0 Å². The standard InChI is InChI=1S/C16H15F3N4O/c1-22(2)10-11-7-8-20-15-14(11)9-21-23(15)12-3-5-13(6-4-12)24-16(17,18)19/h3-9H,10H2,1-2H3. The molecule has 0 bridgehead atoms. The van der Waals surface area contributed by atoms with Crippen molar-refractivity contribution in [1.29, 1.82) is 0 Å². The van der Waals surface area contributed by atoms with Crippen molar-refractivity contribution in [2.24, 2.45) is 0 Å². The molecular weight excluding hydrogens is 321 g/mol. The van der Waals surface area contributed by atoms with E-state index in [-0.39, 0.29) is 5.75 Å². The average Bonchev–Trinajstić information content (AvgIpc) is 2.91. The van der Waals surface area contributed by atoms with E-state index in [4.69, 9.17) is 0 Å². The van der Waals surface area contributed by atoms with Gasteiger partial charge in [0.2, 0.25) is 0 Å². The molecule has 0 radical (unpaired) electrons. The Balaban J connectivity index is 1.95. The van der Waals surface area contributed by atoms with Crippen LogP contribution in [0.4, 0.5) is 13.2 Å². The molecule has 3 aromatic rings. The number of halogens is 3. The Morgan fingerprint density at radius 1 is 1.12 bits per heavy atom. The minimum atomic E-state index is -4.71. The normalized spacial score (nSPS) is 12.1. The summed E-state index contributed by atoms with van der Waals surface area (Å²) in [6.45, 7) is 0.739. The molecule has 0 spiro atoms. The van der Waals surface area contributed by atoms with Gasteiger partial charge in [0, 0.05) is 18.1 Å². The zero-order valence-corrected chi connectivity index (χ0v) is 13.1. The molecule has 0 saturated heterocycles. The van der Waals surface area contributed by atoms with Gasteiger partial charge in [0.25, 0.3) is 0 Å². The van der Waals surface area contributed by atoms with Crippen molar-refractivity contribution in [3.05, 3.63) is 48.3 Å². The molecule has 8 heteroatoms. The number of ether oxygens (including phenoxy) is 1. The first-order chi connectivity index (χ1) is 11.3. The van der Waals surface area contributed by atoms with Crippen LogP contribution in [0.3, 0.4) is 0 Å². The largest absolute Gasteiger partial charge is 0.573 e. The number of nitrogens with zero attached hydrogens (tertiary/aromatic N) is 4. The number of rotatable bonds is 4. The molecule has 0 saturated carbocycles. The number of fused-ring (bicyclic) bond motifs is 1. The summed E-state index contributed by atoms with van der Waals surface area (Å²) in [4.78, 5) is 6.38. The van der Waals surface area contributed by atoms with Crippen molar-refractivity contribution in [3.63, 3.8) is 0 Å². The lowest BCUT2D eigenvalue weighted by atomic mass is 10.2. The molecule has 1 aromatic carbocycles. The number of hydrogen-bond acceptors (Lipinski definition) is 4. The van der Waals surface area contributed by atoms with Gasteiger partial charge in [-0.2, -0.15) is 5.10 Å². The van der Waals surface area contributed by atoms with Crippen LogP contribution in [-0.4, -0.2) is 40.1 Å². The van der Waals surface area contributed by atoms with E-state index in [0.717, 1.165) is 17.5 Å². The van der Waals surface area contributed by atoms with Crippen LogP contribution >= 0.6 is 0 Å². The minimum absolute atomic E-state index is 0.274. The number of hydrogen-bond donors (Lipinski definition) is 0. The van der Waals surface area contributed by atoms with Crippen LogP contribution in [0.25, 0.3) is 16.7 Å². The van der Waals surface area contributed by atoms with Crippen LogP contribution < -0.4 is 4.74 Å². The van der Waals surface area contributed by atoms with Crippen LogP contribution in [0.15, 0.2) is 42.7 Å². The van der Waals surface area contributed by atoms with E-state index in [0.29, 0.717) is 11.3 Å². The highest BCUT2D eigenvalue weighted by Crippen LogP contribution is 2.25. The molecule has 3 rings (SSSR count). The van der Waals surface area contributed by atoms with Crippen LogP contribution in [0.5, 0.6) is 5.75 Å². The summed E-state index contributed by atoms with van der Waals surface area (Å²) in [5.41, 5.74) is 2.33. The molecule has 0 aliphatic heterocycles. The number of benzene rings is 1. The Hall–Kier alpha value is -2.61. The Kier molecular flexibility index (Phi) is 4.15. The lowest BCUT2D eigenvalue weighted by Crippen LogP contribution is -2.17. The summed E-state index contributed by atoms with van der Waals surface area (Å²) < 4.78 is 42.1. The predicted molar refractivity (Wildman–Crippen MR) is 82.9 cm³/mol. The molecule has 0 amide bonds. The Morgan fingerprint density at radius 3 is 2.46 bits per heavy atom. The van der Waals surface area contributed by atoms with Gasteiger partial charge in [0.1, 0.15) is 5.75 Å². The third-order valence-corrected chi connectivity index (χ3v) is 3.36. The second-order valence-corrected chi connectivity index (χ2v) is 5.54. The molecule has 2 heterocycles. The molecule has 0 fully saturated rings. The molecule has 0 aliphatic rings. The van der Waals surface area contributed by atoms with Crippen molar-refractivity contribution >= 4 is 11.0 Å². The quantitative estimate of drug-likeness (QED) is 0.733. The summed E-state index contributed by atoms with van der Waals surface area (Å²) in [5.74, 6) is -0.274. The fourth-order valence-corrected chi connectivity index (χ4v) is 2.44. The van der Waals surface area contributed by atoms with Gasteiger partial charge in [-0.05, 0) is 50.0 Å². The van der Waals surface area contributed by atoms with E-state index in [1.165, 1.54) is 24.3 Å². The number of alkyl halides is 3. The lowest BCUT2D eigenvalue weighted by molar-refractivity contribution is -0.274. The fraction of sp³-hybridized carbons (Fsp3) is 0.250. The number of pyridine rings is 1. The molecule has 0 N–H and O–H groups in total. The van der Waals surface area contributed by atoms with E-state index < -0.39 is 6.36 Å². The molecule has 2 aromatic heterocycles. The highest BCUT2D eigenvalue weighted by atomic mass is 19.4. The monoisotopic (exact) mass is 336 g/mol. The van der Waals surface area contributed by atoms with Crippen molar-refractivity contribution in [2.45, 2.75) is 12.9 Å². The fourth-order valence-electron chi connectivity index (χ4n) is 2.44. The third-order valence-electron chi connectivity index (χ3n) is 3.36. The first-order valence-electron chi connectivity index (χ1n) is 7.16. The lowest BCUT2D eigenvalue weighted by Gasteiger charge is -2.11. The first kappa shape index (κ1) is 16.3. The van der Waals surface area contributed by atoms with Gasteiger partial charge in [0.15, 0.2) is 5.65 Å². The minimum Gasteiger partial charge on any atom is -0.406 e. The topological polar surface area (TPSA) is 43.2 Å². The van der Waals surface area contributed by atoms with Crippen molar-refractivity contribution in [3.8, 4) is 11.4 Å². The Labute approximate surface area is 136 Å². The van der Waals surface area contributed by atoms with Gasteiger partial charge in [0.05, 0.1) is 11.9 Å². The summed E-state index contributed by atoms with van der Waals surface area (Å²) in [6, 6.07) is 7.44. The van der Waals surface area contributed by atoms with Crippen molar-refractivity contribution in [1.82, 2.24) is 19.7 Å². The highest BCUT2D eigenvalue weighted by Gasteiger charge is 2.31. The summed E-state index contributed by atoms with van der Waals surface area (Å²) in [7, 11) is 3.94. The Bertz CT molecular complexity index is 841. The maximum Gasteiger partial charge on any atom is 0.573 e. The maximum atomic E-state index is 12.2. The van der Waals surface area contributed by atoms with Crippen molar-refractivity contribution in [2.75, 3.05) is 14.1 Å². The maximum absolute atomic E-state index is 12.2. The van der Waals surface area contributed by atoms with E-state index in [1.807, 2.05) is 25.1 Å². The summed E-state index contributed by atoms with van der Waals surface area (Å²) in [6.07, 6.45) is -1.30. The summed E-state index contributed by atoms with van der Waals surface area (Å²) in [5, 5.41) is 5.21. The molecular formula is C16H15F3N4O. The Morgan fingerprint density at radius 2 is 1.83 bits per heavy atom. The molecule has 0 atom stereocenters. The third kappa shape index (κ3) is 3.48. The highest BCUT2D eigenvalue weighted by molar-refractivity contribution is 5.79. The average molecular weight is 336 g/mol. The number of aromatic nitrogens is 3. The van der Waals surface area contributed by atoms with Gasteiger partial charge in [-0.1, -0.05) is 0 Å². The smallest absolute Gasteiger partial charge is 0.406 e. The molecule has 5 nitrogen and oxygen atoms in total. The zero-order valence-electron chi connectivity index (χ0n) is 13.1. The second kappa shape index (κ2) is 6.12. The molecule has 0 unspecified atom stereocenters. The van der Waals surface area contributed by atoms with Crippen LogP contribution in [-0.2, 0) is 6.54 Å². The van der Waals surface area contributed by atoms with E-state index in [9.17, 15) is 13.2 Å². The van der Waals surface area contributed by atoms with Gasteiger partial charge in [-0.15, -0.1) is 13.2 Å².